The van der Waals surface area contributed by atoms with Crippen LogP contribution in [0.25, 0.3) is 0 Å². The summed E-state index contributed by atoms with van der Waals surface area (Å²) < 4.78 is 7.44. The number of fused-ring (bicyclic) bond motifs is 3. The van der Waals surface area contributed by atoms with Gasteiger partial charge in [-0.15, -0.1) is 0 Å². The number of nitrogens with zero attached hydrogens (tertiary/aromatic N) is 2. The Balaban J connectivity index is 1.53. The van der Waals surface area contributed by atoms with Gasteiger partial charge in [-0.3, -0.25) is 4.79 Å². The topological polar surface area (TPSA) is 44.1 Å². The molecule has 1 aliphatic heterocycles. The Morgan fingerprint density at radius 1 is 1.27 bits per heavy atom. The van der Waals surface area contributed by atoms with Crippen molar-refractivity contribution in [3.8, 4) is 0 Å². The SMILES string of the molecule is CCCS1(C)C(CCOC)CCC2C3CC[C@H](C(=O)Cn4ccnc4)C3(C)CCC21. The predicted octanol–water partition coefficient (Wildman–Crippen LogP) is 5.31. The summed E-state index contributed by atoms with van der Waals surface area (Å²) in [6, 6.07) is 0. The first-order valence-corrected chi connectivity index (χ1v) is 14.5. The Hall–Kier alpha value is -0.810. The van der Waals surface area contributed by atoms with Gasteiger partial charge in [-0.1, -0.05) is 13.8 Å². The quantitative estimate of drug-likeness (QED) is 0.557. The number of hydrogen-bond donors (Lipinski definition) is 0. The molecular formula is C25H42N2O2S. The molecule has 4 rings (SSSR count). The molecule has 1 saturated heterocycles. The van der Waals surface area contributed by atoms with Crippen LogP contribution in [0.15, 0.2) is 18.7 Å². The lowest BCUT2D eigenvalue weighted by Crippen LogP contribution is -2.51. The standard InChI is InChI=1S/C25H42N2O2S/c1-5-16-30(4)19(11-15-29-3)6-7-20-21-8-9-22(25(21,2)12-10-24(20)30)23(28)17-27-14-13-26-18-27/h13-14,18-22,24H,5-12,15-17H2,1-4H3/t19?,20?,21?,22-,24?,25?/m1/s1. The largest absolute Gasteiger partial charge is 0.385 e. The fraction of sp³-hybridized carbons (Fsp3) is 0.840. The molecule has 170 valence electrons. The normalized spacial score (nSPS) is 42.9. The van der Waals surface area contributed by atoms with Gasteiger partial charge in [0, 0.05) is 32.0 Å². The van der Waals surface area contributed by atoms with Gasteiger partial charge in [0.15, 0.2) is 5.78 Å². The summed E-state index contributed by atoms with van der Waals surface area (Å²) in [6.07, 6.45) is 18.5. The van der Waals surface area contributed by atoms with Crippen molar-refractivity contribution >= 4 is 15.8 Å². The van der Waals surface area contributed by atoms with Crippen LogP contribution in [0.1, 0.15) is 65.2 Å². The van der Waals surface area contributed by atoms with E-state index in [4.69, 9.17) is 4.74 Å². The Bertz CT molecular complexity index is 723. The summed E-state index contributed by atoms with van der Waals surface area (Å²) in [5, 5.41) is 1.79. The molecule has 3 fully saturated rings. The van der Waals surface area contributed by atoms with Crippen molar-refractivity contribution in [2.24, 2.45) is 23.2 Å². The second-order valence-corrected chi connectivity index (χ2v) is 14.7. The molecular weight excluding hydrogens is 392 g/mol. The molecule has 1 aromatic heterocycles. The number of carbonyl (C=O) groups is 1. The number of methoxy groups -OCH3 is 1. The molecule has 30 heavy (non-hydrogen) atoms. The molecule has 2 aliphatic carbocycles. The minimum Gasteiger partial charge on any atom is -0.385 e. The van der Waals surface area contributed by atoms with E-state index in [1.165, 1.54) is 50.7 Å². The minimum absolute atomic E-state index is 0.213. The fourth-order valence-corrected chi connectivity index (χ4v) is 12.9. The molecule has 7 atom stereocenters. The highest BCUT2D eigenvalue weighted by Crippen LogP contribution is 2.71. The Kier molecular flexibility index (Phi) is 6.70. The number of aromatic nitrogens is 2. The van der Waals surface area contributed by atoms with Gasteiger partial charge >= 0.3 is 0 Å². The number of Topliss-reactive ketones (excluding diaryl/α,β-unsaturated/α-hetero) is 1. The third-order valence-corrected chi connectivity index (χ3v) is 14.5. The first-order valence-electron chi connectivity index (χ1n) is 12.1. The van der Waals surface area contributed by atoms with Gasteiger partial charge < -0.3 is 9.30 Å². The van der Waals surface area contributed by atoms with Crippen molar-refractivity contribution in [3.63, 3.8) is 0 Å². The summed E-state index contributed by atoms with van der Waals surface area (Å²) >= 11 is 0. The number of imidazole rings is 1. The number of ketones is 1. The van der Waals surface area contributed by atoms with E-state index >= 15 is 0 Å². The number of hydrogen-bond acceptors (Lipinski definition) is 3. The van der Waals surface area contributed by atoms with Crippen LogP contribution in [-0.2, 0) is 16.1 Å². The average molecular weight is 435 g/mol. The molecule has 4 nitrogen and oxygen atoms in total. The second kappa shape index (κ2) is 8.97. The predicted molar refractivity (Wildman–Crippen MR) is 126 cm³/mol. The van der Waals surface area contributed by atoms with E-state index in [2.05, 4.69) is 25.1 Å². The molecule has 0 radical (unpaired) electrons. The van der Waals surface area contributed by atoms with Crippen LogP contribution in [-0.4, -0.2) is 51.6 Å². The maximum Gasteiger partial charge on any atom is 0.156 e. The van der Waals surface area contributed by atoms with Gasteiger partial charge in [-0.25, -0.2) is 15.0 Å². The summed E-state index contributed by atoms with van der Waals surface area (Å²) in [7, 11) is 1.23. The second-order valence-electron chi connectivity index (χ2n) is 10.6. The zero-order valence-corrected chi connectivity index (χ0v) is 20.3. The van der Waals surface area contributed by atoms with Gasteiger partial charge in [0.05, 0.1) is 12.9 Å². The molecule has 6 unspecified atom stereocenters. The van der Waals surface area contributed by atoms with Crippen LogP contribution in [0.2, 0.25) is 0 Å². The van der Waals surface area contributed by atoms with Crippen LogP contribution in [0.4, 0.5) is 0 Å². The maximum absolute atomic E-state index is 13.3. The van der Waals surface area contributed by atoms with E-state index in [9.17, 15) is 4.79 Å². The fourth-order valence-electron chi connectivity index (χ4n) is 7.82. The monoisotopic (exact) mass is 434 g/mol. The third-order valence-electron chi connectivity index (χ3n) is 9.22. The number of ether oxygens (including phenoxy) is 1. The molecule has 3 aliphatic rings. The molecule has 2 saturated carbocycles. The van der Waals surface area contributed by atoms with Crippen molar-refractivity contribution in [1.29, 1.82) is 0 Å². The highest BCUT2D eigenvalue weighted by Gasteiger charge is 2.59. The molecule has 5 heteroatoms. The molecule has 0 bridgehead atoms. The van der Waals surface area contributed by atoms with Crippen LogP contribution >= 0.6 is 10.0 Å². The van der Waals surface area contributed by atoms with Crippen LogP contribution in [0, 0.1) is 23.2 Å². The Morgan fingerprint density at radius 2 is 2.10 bits per heavy atom. The molecule has 0 amide bonds. The van der Waals surface area contributed by atoms with Crippen molar-refractivity contribution in [1.82, 2.24) is 9.55 Å². The molecule has 2 heterocycles. The third kappa shape index (κ3) is 3.79. The highest BCUT2D eigenvalue weighted by atomic mass is 32.3. The summed E-state index contributed by atoms with van der Waals surface area (Å²) in [5.74, 6) is 3.70. The van der Waals surface area contributed by atoms with E-state index < -0.39 is 10.0 Å². The summed E-state index contributed by atoms with van der Waals surface area (Å²) in [6.45, 7) is 6.27. The Morgan fingerprint density at radius 3 is 2.80 bits per heavy atom. The summed E-state index contributed by atoms with van der Waals surface area (Å²) in [5.41, 5.74) is 0.213. The van der Waals surface area contributed by atoms with Gasteiger partial charge in [0.2, 0.25) is 0 Å². The smallest absolute Gasteiger partial charge is 0.156 e. The molecule has 0 spiro atoms. The zero-order valence-electron chi connectivity index (χ0n) is 19.5. The van der Waals surface area contributed by atoms with Gasteiger partial charge in [-0.05, 0) is 91.1 Å². The van der Waals surface area contributed by atoms with Gasteiger partial charge in [-0.2, -0.15) is 0 Å². The maximum atomic E-state index is 13.3. The lowest BCUT2D eigenvalue weighted by molar-refractivity contribution is -0.128. The van der Waals surface area contributed by atoms with Crippen LogP contribution in [0.3, 0.4) is 0 Å². The summed E-state index contributed by atoms with van der Waals surface area (Å²) in [4.78, 5) is 17.4. The van der Waals surface area contributed by atoms with Crippen molar-refractivity contribution in [2.75, 3.05) is 25.7 Å². The van der Waals surface area contributed by atoms with Crippen LogP contribution < -0.4 is 0 Å². The van der Waals surface area contributed by atoms with Gasteiger partial charge in [0.25, 0.3) is 0 Å². The lowest BCUT2D eigenvalue weighted by atomic mass is 9.59. The first-order chi connectivity index (χ1) is 14.4. The first kappa shape index (κ1) is 22.4. The van der Waals surface area contributed by atoms with E-state index in [0.717, 1.165) is 35.4 Å². The van der Waals surface area contributed by atoms with E-state index in [1.807, 2.05) is 17.9 Å². The van der Waals surface area contributed by atoms with Crippen LogP contribution in [0.5, 0.6) is 0 Å². The lowest BCUT2D eigenvalue weighted by Gasteiger charge is -2.62. The minimum atomic E-state index is -0.626. The van der Waals surface area contributed by atoms with E-state index in [0.29, 0.717) is 12.3 Å². The number of rotatable bonds is 8. The average Bonchev–Trinajstić information content (AvgIpc) is 3.34. The van der Waals surface area contributed by atoms with Crippen molar-refractivity contribution in [3.05, 3.63) is 18.7 Å². The zero-order chi connectivity index (χ0) is 21.4. The van der Waals surface area contributed by atoms with Crippen molar-refractivity contribution < 1.29 is 9.53 Å². The highest BCUT2D eigenvalue weighted by molar-refractivity contribution is 8.34. The molecule has 0 aromatic carbocycles. The van der Waals surface area contributed by atoms with E-state index in [1.54, 1.807) is 12.5 Å². The van der Waals surface area contributed by atoms with Gasteiger partial charge in [0.1, 0.15) is 0 Å². The molecule has 0 N–H and O–H groups in total. The number of carbonyl (C=O) groups excluding carboxylic acids is 1. The van der Waals surface area contributed by atoms with E-state index in [-0.39, 0.29) is 11.3 Å². The Labute approximate surface area is 184 Å². The molecule has 1 aromatic rings. The van der Waals surface area contributed by atoms with Crippen molar-refractivity contribution in [2.45, 2.75) is 82.3 Å².